The highest BCUT2D eigenvalue weighted by Crippen LogP contribution is 2.33. The summed E-state index contributed by atoms with van der Waals surface area (Å²) >= 11 is 0. The van der Waals surface area contributed by atoms with Crippen LogP contribution in [0.2, 0.25) is 0 Å². The molecule has 0 saturated heterocycles. The number of phenolic OH excluding ortho intramolecular Hbond substituents is 1. The number of carbonyl (C=O) groups is 1. The number of aromatic hydroxyl groups is 1. The Morgan fingerprint density at radius 3 is 2.06 bits per heavy atom. The molecule has 0 bridgehead atoms. The van der Waals surface area contributed by atoms with Gasteiger partial charge in [0.2, 0.25) is 0 Å². The summed E-state index contributed by atoms with van der Waals surface area (Å²) in [6, 6.07) is 10.2. The van der Waals surface area contributed by atoms with Crippen molar-refractivity contribution in [3.8, 4) is 11.5 Å². The highest BCUT2D eigenvalue weighted by Gasteiger charge is 2.23. The summed E-state index contributed by atoms with van der Waals surface area (Å²) in [5, 5.41) is 10.3. The van der Waals surface area contributed by atoms with Crippen molar-refractivity contribution in [3.05, 3.63) is 53.6 Å². The molecule has 2 rings (SSSR count). The molecule has 2 aromatic rings. The smallest absolute Gasteiger partial charge is 0.298 e. The maximum atomic E-state index is 12.6. The number of ketones is 1. The number of hydrogen-bond acceptors (Lipinski definition) is 5. The molecule has 0 aromatic heterocycles. The summed E-state index contributed by atoms with van der Waals surface area (Å²) in [7, 11) is -4.64. The average molecular weight is 449 g/mol. The van der Waals surface area contributed by atoms with Crippen LogP contribution in [0.3, 0.4) is 0 Å². The minimum Gasteiger partial charge on any atom is -0.507 e. The minimum absolute atomic E-state index is 0.163. The number of carbonyl (C=O) groups excluding carboxylic acids is 1. The quantitative estimate of drug-likeness (QED) is 0.216. The van der Waals surface area contributed by atoms with Gasteiger partial charge in [-0.1, -0.05) is 88.6 Å². The predicted molar refractivity (Wildman–Crippen MR) is 121 cm³/mol. The molecule has 6 nitrogen and oxygen atoms in total. The van der Waals surface area contributed by atoms with E-state index in [0.717, 1.165) is 37.8 Å². The van der Waals surface area contributed by atoms with Crippen LogP contribution in [-0.4, -0.2) is 30.5 Å². The molecule has 0 atom stereocenters. The molecule has 0 aliphatic rings. The van der Waals surface area contributed by atoms with E-state index in [1.54, 1.807) is 30.3 Å². The van der Waals surface area contributed by atoms with Crippen LogP contribution in [-0.2, 0) is 10.1 Å². The summed E-state index contributed by atoms with van der Waals surface area (Å²) in [5.74, 6) is -1.11. The molecule has 7 heteroatoms. The van der Waals surface area contributed by atoms with Crippen molar-refractivity contribution in [1.29, 1.82) is 0 Å². The molecule has 0 radical (unpaired) electrons. The molecule has 0 aliphatic heterocycles. The Kier molecular flexibility index (Phi) is 10.0. The van der Waals surface area contributed by atoms with Crippen molar-refractivity contribution in [2.45, 2.75) is 69.6 Å². The second-order valence-electron chi connectivity index (χ2n) is 7.66. The maximum Gasteiger partial charge on any atom is 0.298 e. The normalized spacial score (nSPS) is 11.4. The fourth-order valence-electron chi connectivity index (χ4n) is 3.39. The van der Waals surface area contributed by atoms with E-state index in [1.165, 1.54) is 32.1 Å². The zero-order valence-electron chi connectivity index (χ0n) is 18.0. The summed E-state index contributed by atoms with van der Waals surface area (Å²) in [6.45, 7) is 2.45. The van der Waals surface area contributed by atoms with Gasteiger partial charge in [-0.05, 0) is 12.5 Å². The molecule has 0 unspecified atom stereocenters. The second kappa shape index (κ2) is 12.5. The Bertz CT molecular complexity index is 938. The van der Waals surface area contributed by atoms with Crippen LogP contribution in [0.25, 0.3) is 0 Å². The van der Waals surface area contributed by atoms with E-state index in [4.69, 9.17) is 4.74 Å². The third-order valence-electron chi connectivity index (χ3n) is 5.13. The van der Waals surface area contributed by atoms with Crippen molar-refractivity contribution >= 4 is 15.9 Å². The molecule has 0 saturated carbocycles. The van der Waals surface area contributed by atoms with Gasteiger partial charge < -0.3 is 9.84 Å². The summed E-state index contributed by atoms with van der Waals surface area (Å²) < 4.78 is 38.8. The first kappa shape index (κ1) is 24.9. The summed E-state index contributed by atoms with van der Waals surface area (Å²) in [6.07, 6.45) is 10.2. The summed E-state index contributed by atoms with van der Waals surface area (Å²) in [5.41, 5.74) is 0.0803. The molecule has 0 spiro atoms. The Morgan fingerprint density at radius 1 is 0.903 bits per heavy atom. The van der Waals surface area contributed by atoms with Crippen molar-refractivity contribution in [1.82, 2.24) is 0 Å². The minimum atomic E-state index is -4.64. The van der Waals surface area contributed by atoms with Gasteiger partial charge in [-0.3, -0.25) is 9.35 Å². The first-order valence-corrected chi connectivity index (χ1v) is 12.4. The van der Waals surface area contributed by atoms with Crippen LogP contribution < -0.4 is 4.74 Å². The Balaban J connectivity index is 1.98. The summed E-state index contributed by atoms with van der Waals surface area (Å²) in [4.78, 5) is 12.1. The molecular weight excluding hydrogens is 416 g/mol. The van der Waals surface area contributed by atoms with Crippen molar-refractivity contribution in [2.24, 2.45) is 0 Å². The van der Waals surface area contributed by atoms with Crippen molar-refractivity contribution in [2.75, 3.05) is 6.61 Å². The number of hydrogen-bond donors (Lipinski definition) is 2. The number of ether oxygens (including phenoxy) is 1. The lowest BCUT2D eigenvalue weighted by Gasteiger charge is -2.13. The average Bonchev–Trinajstić information content (AvgIpc) is 2.74. The van der Waals surface area contributed by atoms with E-state index < -0.39 is 26.5 Å². The van der Waals surface area contributed by atoms with Crippen molar-refractivity contribution < 1.29 is 27.6 Å². The highest BCUT2D eigenvalue weighted by molar-refractivity contribution is 7.86. The third kappa shape index (κ3) is 7.99. The van der Waals surface area contributed by atoms with Gasteiger partial charge in [-0.25, -0.2) is 0 Å². The van der Waals surface area contributed by atoms with Gasteiger partial charge in [0.25, 0.3) is 10.1 Å². The van der Waals surface area contributed by atoms with Gasteiger partial charge in [0.15, 0.2) is 5.78 Å². The number of rotatable bonds is 14. The standard InChI is InChI=1S/C24H32O6S/c1-2-3-4-5-6-7-8-9-13-16-30-22-18-21(25)20(17-23(22)31(27,28)29)24(26)19-14-11-10-12-15-19/h10-12,14-15,17-18,25H,2-9,13,16H2,1H3,(H,27,28,29). The van der Waals surface area contributed by atoms with E-state index in [-0.39, 0.29) is 17.9 Å². The Labute approximate surface area is 185 Å². The lowest BCUT2D eigenvalue weighted by atomic mass is 10.0. The van der Waals surface area contributed by atoms with Gasteiger partial charge in [0.05, 0.1) is 12.2 Å². The van der Waals surface area contributed by atoms with E-state index >= 15 is 0 Å². The van der Waals surface area contributed by atoms with Gasteiger partial charge in [0.1, 0.15) is 16.4 Å². The molecule has 2 N–H and O–H groups in total. The van der Waals surface area contributed by atoms with Gasteiger partial charge in [-0.2, -0.15) is 8.42 Å². The molecule has 170 valence electrons. The largest absolute Gasteiger partial charge is 0.507 e. The van der Waals surface area contributed by atoms with Gasteiger partial charge in [0, 0.05) is 11.6 Å². The van der Waals surface area contributed by atoms with Crippen LogP contribution in [0, 0.1) is 0 Å². The van der Waals surface area contributed by atoms with Crippen LogP contribution in [0.5, 0.6) is 11.5 Å². The van der Waals surface area contributed by atoms with E-state index in [1.807, 2.05) is 0 Å². The Hall–Kier alpha value is -2.38. The second-order valence-corrected chi connectivity index (χ2v) is 9.05. The van der Waals surface area contributed by atoms with E-state index in [9.17, 15) is 22.9 Å². The SMILES string of the molecule is CCCCCCCCCCCOc1cc(O)c(C(=O)c2ccccc2)cc1S(=O)(=O)O. The predicted octanol–water partition coefficient (Wildman–Crippen LogP) is 5.78. The van der Waals surface area contributed by atoms with Crippen LogP contribution in [0.1, 0.15) is 80.6 Å². The van der Waals surface area contributed by atoms with Crippen molar-refractivity contribution in [3.63, 3.8) is 0 Å². The van der Waals surface area contributed by atoms with Crippen LogP contribution >= 0.6 is 0 Å². The number of benzene rings is 2. The molecule has 0 amide bonds. The first-order valence-electron chi connectivity index (χ1n) is 10.9. The molecule has 31 heavy (non-hydrogen) atoms. The Morgan fingerprint density at radius 2 is 1.48 bits per heavy atom. The van der Waals surface area contributed by atoms with Crippen LogP contribution in [0.15, 0.2) is 47.4 Å². The topological polar surface area (TPSA) is 101 Å². The third-order valence-corrected chi connectivity index (χ3v) is 6.00. The molecule has 0 heterocycles. The monoisotopic (exact) mass is 448 g/mol. The lowest BCUT2D eigenvalue weighted by Crippen LogP contribution is -2.09. The van der Waals surface area contributed by atoms with E-state index in [2.05, 4.69) is 6.92 Å². The fourth-order valence-corrected chi connectivity index (χ4v) is 4.02. The molecule has 2 aromatic carbocycles. The fraction of sp³-hybridized carbons (Fsp3) is 0.458. The van der Waals surface area contributed by atoms with Gasteiger partial charge in [-0.15, -0.1) is 0 Å². The number of phenols is 1. The van der Waals surface area contributed by atoms with E-state index in [0.29, 0.717) is 5.56 Å². The molecular formula is C24H32O6S. The first-order chi connectivity index (χ1) is 14.8. The lowest BCUT2D eigenvalue weighted by molar-refractivity contribution is 0.103. The van der Waals surface area contributed by atoms with Crippen LogP contribution in [0.4, 0.5) is 0 Å². The van der Waals surface area contributed by atoms with Gasteiger partial charge >= 0.3 is 0 Å². The zero-order chi connectivity index (χ0) is 22.7. The maximum absolute atomic E-state index is 12.6. The highest BCUT2D eigenvalue weighted by atomic mass is 32.2. The molecule has 0 fully saturated rings. The number of unbranched alkanes of at least 4 members (excludes halogenated alkanes) is 8. The zero-order valence-corrected chi connectivity index (χ0v) is 18.9. The molecule has 0 aliphatic carbocycles.